The second kappa shape index (κ2) is 4.70. The zero-order chi connectivity index (χ0) is 11.5. The summed E-state index contributed by atoms with van der Waals surface area (Å²) in [6.45, 7) is 2.93. The normalized spacial score (nSPS) is 10.4. The van der Waals surface area contributed by atoms with Crippen LogP contribution in [0.5, 0.6) is 5.75 Å². The van der Waals surface area contributed by atoms with Crippen molar-refractivity contribution in [3.63, 3.8) is 0 Å². The van der Waals surface area contributed by atoms with Crippen molar-refractivity contribution in [1.29, 1.82) is 0 Å². The minimum Gasteiger partial charge on any atom is -0.497 e. The summed E-state index contributed by atoms with van der Waals surface area (Å²) in [4.78, 5) is 0. The van der Waals surface area contributed by atoms with Gasteiger partial charge in [-0.3, -0.25) is 4.68 Å². The molecule has 2 aromatic rings. The molecule has 0 spiro atoms. The van der Waals surface area contributed by atoms with Gasteiger partial charge in [-0.25, -0.2) is 0 Å². The van der Waals surface area contributed by atoms with Crippen LogP contribution in [0.3, 0.4) is 0 Å². The molecule has 0 saturated carbocycles. The van der Waals surface area contributed by atoms with E-state index in [1.54, 1.807) is 7.11 Å². The van der Waals surface area contributed by atoms with Crippen LogP contribution in [0, 0.1) is 0 Å². The van der Waals surface area contributed by atoms with Crippen molar-refractivity contribution < 1.29 is 4.74 Å². The van der Waals surface area contributed by atoms with Gasteiger partial charge in [0.2, 0.25) is 0 Å². The standard InChI is InChI=1S/C12H13BrN2O/c1-3-15-12(11(13)8-14-15)9-4-6-10(16-2)7-5-9/h4-8H,3H2,1-2H3. The third kappa shape index (κ3) is 1.97. The molecule has 1 aromatic carbocycles. The molecule has 0 fully saturated rings. The zero-order valence-corrected chi connectivity index (χ0v) is 10.9. The number of methoxy groups -OCH3 is 1. The van der Waals surface area contributed by atoms with Crippen LogP contribution < -0.4 is 4.74 Å². The number of nitrogens with zero attached hydrogens (tertiary/aromatic N) is 2. The minimum absolute atomic E-state index is 0.854. The number of hydrogen-bond donors (Lipinski definition) is 0. The van der Waals surface area contributed by atoms with Crippen LogP contribution >= 0.6 is 15.9 Å². The second-order valence-corrected chi connectivity index (χ2v) is 4.24. The Morgan fingerprint density at radius 2 is 2.00 bits per heavy atom. The zero-order valence-electron chi connectivity index (χ0n) is 9.27. The largest absolute Gasteiger partial charge is 0.497 e. The summed E-state index contributed by atoms with van der Waals surface area (Å²) in [5.41, 5.74) is 2.23. The molecule has 0 aliphatic rings. The molecule has 1 aromatic heterocycles. The summed E-state index contributed by atoms with van der Waals surface area (Å²) in [6.07, 6.45) is 1.82. The van der Waals surface area contributed by atoms with E-state index in [-0.39, 0.29) is 0 Å². The molecule has 0 atom stereocenters. The van der Waals surface area contributed by atoms with E-state index >= 15 is 0 Å². The lowest BCUT2D eigenvalue weighted by molar-refractivity contribution is 0.415. The van der Waals surface area contributed by atoms with Crippen molar-refractivity contribution in [3.8, 4) is 17.0 Å². The molecule has 0 radical (unpaired) electrons. The van der Waals surface area contributed by atoms with E-state index in [1.165, 1.54) is 0 Å². The summed E-state index contributed by atoms with van der Waals surface area (Å²) < 4.78 is 8.12. The Balaban J connectivity index is 2.45. The third-order valence-corrected chi connectivity index (χ3v) is 3.04. The lowest BCUT2D eigenvalue weighted by Gasteiger charge is -2.06. The highest BCUT2D eigenvalue weighted by molar-refractivity contribution is 9.10. The van der Waals surface area contributed by atoms with Crippen molar-refractivity contribution in [2.24, 2.45) is 0 Å². The van der Waals surface area contributed by atoms with Crippen molar-refractivity contribution in [2.45, 2.75) is 13.5 Å². The number of aryl methyl sites for hydroxylation is 1. The average molecular weight is 281 g/mol. The Labute approximate surface area is 103 Å². The van der Waals surface area contributed by atoms with E-state index in [1.807, 2.05) is 35.1 Å². The summed E-state index contributed by atoms with van der Waals surface area (Å²) in [7, 11) is 1.67. The van der Waals surface area contributed by atoms with Gasteiger partial charge in [-0.05, 0) is 47.1 Å². The Bertz CT molecular complexity index is 476. The predicted octanol–water partition coefficient (Wildman–Crippen LogP) is 3.34. The van der Waals surface area contributed by atoms with E-state index in [0.29, 0.717) is 0 Å². The van der Waals surface area contributed by atoms with E-state index in [2.05, 4.69) is 28.0 Å². The molecule has 16 heavy (non-hydrogen) atoms. The molecule has 0 amide bonds. The van der Waals surface area contributed by atoms with E-state index < -0.39 is 0 Å². The van der Waals surface area contributed by atoms with Crippen LogP contribution in [0.25, 0.3) is 11.3 Å². The summed E-state index contributed by atoms with van der Waals surface area (Å²) >= 11 is 3.52. The van der Waals surface area contributed by atoms with Gasteiger partial charge >= 0.3 is 0 Å². The molecule has 3 nitrogen and oxygen atoms in total. The number of hydrogen-bond acceptors (Lipinski definition) is 2. The van der Waals surface area contributed by atoms with Crippen molar-refractivity contribution >= 4 is 15.9 Å². The average Bonchev–Trinajstić information content (AvgIpc) is 2.70. The summed E-state index contributed by atoms with van der Waals surface area (Å²) in [5.74, 6) is 0.863. The monoisotopic (exact) mass is 280 g/mol. The van der Waals surface area contributed by atoms with Gasteiger partial charge < -0.3 is 4.74 Å². The van der Waals surface area contributed by atoms with Crippen molar-refractivity contribution in [3.05, 3.63) is 34.9 Å². The maximum Gasteiger partial charge on any atom is 0.118 e. The van der Waals surface area contributed by atoms with Crippen molar-refractivity contribution in [1.82, 2.24) is 9.78 Å². The molecule has 2 rings (SSSR count). The predicted molar refractivity (Wildman–Crippen MR) is 67.6 cm³/mol. The van der Waals surface area contributed by atoms with Crippen LogP contribution in [0.15, 0.2) is 34.9 Å². The molecular weight excluding hydrogens is 268 g/mol. The molecule has 0 aliphatic heterocycles. The highest BCUT2D eigenvalue weighted by Gasteiger charge is 2.09. The van der Waals surface area contributed by atoms with Gasteiger partial charge in [0, 0.05) is 12.1 Å². The SMILES string of the molecule is CCn1ncc(Br)c1-c1ccc(OC)cc1. The molecule has 0 N–H and O–H groups in total. The molecule has 1 heterocycles. The van der Waals surface area contributed by atoms with E-state index in [4.69, 9.17) is 4.74 Å². The highest BCUT2D eigenvalue weighted by Crippen LogP contribution is 2.29. The molecule has 4 heteroatoms. The molecule has 0 aliphatic carbocycles. The number of aromatic nitrogens is 2. The third-order valence-electron chi connectivity index (χ3n) is 2.46. The van der Waals surface area contributed by atoms with Crippen LogP contribution in [-0.4, -0.2) is 16.9 Å². The van der Waals surface area contributed by atoms with Crippen LogP contribution in [0.1, 0.15) is 6.92 Å². The first-order valence-corrected chi connectivity index (χ1v) is 5.91. The smallest absolute Gasteiger partial charge is 0.118 e. The molecule has 0 saturated heterocycles. The first kappa shape index (κ1) is 11.2. The molecule has 0 unspecified atom stereocenters. The van der Waals surface area contributed by atoms with Gasteiger partial charge in [-0.1, -0.05) is 0 Å². The number of rotatable bonds is 3. The van der Waals surface area contributed by atoms with Crippen LogP contribution in [0.4, 0.5) is 0 Å². The Hall–Kier alpha value is -1.29. The lowest BCUT2D eigenvalue weighted by atomic mass is 10.1. The van der Waals surface area contributed by atoms with Gasteiger partial charge in [-0.2, -0.15) is 5.10 Å². The van der Waals surface area contributed by atoms with Gasteiger partial charge in [0.25, 0.3) is 0 Å². The van der Waals surface area contributed by atoms with Gasteiger partial charge in [0.15, 0.2) is 0 Å². The van der Waals surface area contributed by atoms with Gasteiger partial charge in [0.05, 0.1) is 23.5 Å². The van der Waals surface area contributed by atoms with Crippen molar-refractivity contribution in [2.75, 3.05) is 7.11 Å². The van der Waals surface area contributed by atoms with Gasteiger partial charge in [0.1, 0.15) is 5.75 Å². The lowest BCUT2D eigenvalue weighted by Crippen LogP contribution is -1.98. The van der Waals surface area contributed by atoms with Crippen LogP contribution in [-0.2, 0) is 6.54 Å². The Kier molecular flexibility index (Phi) is 3.29. The molecule has 84 valence electrons. The fourth-order valence-electron chi connectivity index (χ4n) is 1.64. The Morgan fingerprint density at radius 1 is 1.31 bits per heavy atom. The second-order valence-electron chi connectivity index (χ2n) is 3.39. The fourth-order valence-corrected chi connectivity index (χ4v) is 2.16. The first-order chi connectivity index (χ1) is 7.76. The molecular formula is C12H13BrN2O. The molecule has 0 bridgehead atoms. The van der Waals surface area contributed by atoms with E-state index in [9.17, 15) is 0 Å². The summed E-state index contributed by atoms with van der Waals surface area (Å²) in [5, 5.41) is 4.29. The van der Waals surface area contributed by atoms with Crippen LogP contribution in [0.2, 0.25) is 0 Å². The summed E-state index contributed by atoms with van der Waals surface area (Å²) in [6, 6.07) is 7.98. The number of ether oxygens (including phenoxy) is 1. The highest BCUT2D eigenvalue weighted by atomic mass is 79.9. The minimum atomic E-state index is 0.854. The Morgan fingerprint density at radius 3 is 2.56 bits per heavy atom. The number of benzene rings is 1. The van der Waals surface area contributed by atoms with E-state index in [0.717, 1.165) is 28.0 Å². The quantitative estimate of drug-likeness (QED) is 0.862. The van der Waals surface area contributed by atoms with Gasteiger partial charge in [-0.15, -0.1) is 0 Å². The number of halogens is 1. The fraction of sp³-hybridized carbons (Fsp3) is 0.250. The topological polar surface area (TPSA) is 27.1 Å². The maximum atomic E-state index is 5.14. The maximum absolute atomic E-state index is 5.14. The first-order valence-electron chi connectivity index (χ1n) is 5.12.